The highest BCUT2D eigenvalue weighted by molar-refractivity contribution is 9.10. The van der Waals surface area contributed by atoms with E-state index in [0.717, 1.165) is 15.6 Å². The number of hydrogen-bond donors (Lipinski definition) is 3. The number of carbonyl (C=O) groups is 2. The molecule has 3 aromatic rings. The molecule has 0 radical (unpaired) electrons. The Morgan fingerprint density at radius 2 is 1.64 bits per heavy atom. The average Bonchev–Trinajstić information content (AvgIpc) is 2.83. The second-order valence-electron chi connectivity index (χ2n) is 6.68. The first-order valence-electron chi connectivity index (χ1n) is 10.1. The van der Waals surface area contributed by atoms with E-state index >= 15 is 0 Å². The van der Waals surface area contributed by atoms with Gasteiger partial charge in [0.25, 0.3) is 11.8 Å². The Bertz CT molecular complexity index is 1140. The molecule has 0 bridgehead atoms. The van der Waals surface area contributed by atoms with Gasteiger partial charge in [0.05, 0.1) is 12.2 Å². The Labute approximate surface area is 205 Å². The van der Waals surface area contributed by atoms with E-state index in [1.54, 1.807) is 24.3 Å². The van der Waals surface area contributed by atoms with Gasteiger partial charge in [-0.15, -0.1) is 0 Å². The molecular formula is C24H22BrN3O4S. The van der Waals surface area contributed by atoms with Gasteiger partial charge in [-0.1, -0.05) is 64.5 Å². The third kappa shape index (κ3) is 7.03. The Kier molecular flexibility index (Phi) is 8.79. The zero-order valence-corrected chi connectivity index (χ0v) is 20.2. The number of amides is 2. The van der Waals surface area contributed by atoms with Crippen molar-refractivity contribution in [2.24, 2.45) is 0 Å². The van der Waals surface area contributed by atoms with Gasteiger partial charge >= 0.3 is 0 Å². The predicted molar refractivity (Wildman–Crippen MR) is 134 cm³/mol. The van der Waals surface area contributed by atoms with Crippen molar-refractivity contribution < 1.29 is 19.1 Å². The first-order chi connectivity index (χ1) is 16.0. The number of nitrogens with one attached hydrogen (secondary N) is 3. The van der Waals surface area contributed by atoms with E-state index in [9.17, 15) is 9.59 Å². The zero-order valence-electron chi connectivity index (χ0n) is 17.8. The van der Waals surface area contributed by atoms with Crippen LogP contribution in [0.25, 0.3) is 11.1 Å². The van der Waals surface area contributed by atoms with Gasteiger partial charge in [0.15, 0.2) is 11.7 Å². The van der Waals surface area contributed by atoms with E-state index in [1.807, 2.05) is 55.5 Å². The van der Waals surface area contributed by atoms with Crippen molar-refractivity contribution >= 4 is 45.1 Å². The van der Waals surface area contributed by atoms with E-state index in [2.05, 4.69) is 32.1 Å². The first kappa shape index (κ1) is 24.2. The minimum absolute atomic E-state index is 0.0690. The molecule has 0 aliphatic rings. The van der Waals surface area contributed by atoms with E-state index in [-0.39, 0.29) is 11.7 Å². The molecule has 2 amide bonds. The highest BCUT2D eigenvalue weighted by Gasteiger charge is 2.15. The van der Waals surface area contributed by atoms with Crippen molar-refractivity contribution in [1.29, 1.82) is 0 Å². The number of ether oxygens (including phenoxy) is 2. The van der Waals surface area contributed by atoms with E-state index in [0.29, 0.717) is 23.7 Å². The molecule has 0 atom stereocenters. The molecule has 0 saturated heterocycles. The monoisotopic (exact) mass is 527 g/mol. The quantitative estimate of drug-likeness (QED) is 0.314. The van der Waals surface area contributed by atoms with E-state index < -0.39 is 11.8 Å². The summed E-state index contributed by atoms with van der Waals surface area (Å²) in [5.41, 5.74) is 7.07. The van der Waals surface area contributed by atoms with Crippen LogP contribution in [0.15, 0.2) is 77.3 Å². The standard InChI is InChI=1S/C24H22BrN3O4S/c1-2-31-21-13-12-17(25)14-19(21)23(30)26-24(33)28-27-22(29)15-32-20-11-7-6-10-18(20)16-8-4-3-5-9-16/h3-14H,2,15H2,1H3,(H,27,29)(H2,26,28,30,33). The topological polar surface area (TPSA) is 88.7 Å². The lowest BCUT2D eigenvalue weighted by atomic mass is 10.1. The smallest absolute Gasteiger partial charge is 0.276 e. The van der Waals surface area contributed by atoms with Crippen LogP contribution in [-0.2, 0) is 4.79 Å². The SMILES string of the molecule is CCOc1ccc(Br)cc1C(=O)NC(=S)NNC(=O)COc1ccccc1-c1ccccc1. The molecule has 0 aromatic heterocycles. The van der Waals surface area contributed by atoms with Crippen LogP contribution in [0, 0.1) is 0 Å². The molecule has 0 heterocycles. The lowest BCUT2D eigenvalue weighted by molar-refractivity contribution is -0.123. The van der Waals surface area contributed by atoms with Gasteiger partial charge < -0.3 is 9.47 Å². The van der Waals surface area contributed by atoms with Crippen molar-refractivity contribution in [3.05, 3.63) is 82.8 Å². The Morgan fingerprint density at radius 3 is 2.39 bits per heavy atom. The molecule has 0 unspecified atom stereocenters. The van der Waals surface area contributed by atoms with Gasteiger partial charge in [0.1, 0.15) is 11.5 Å². The van der Waals surface area contributed by atoms with Gasteiger partial charge in [-0.25, -0.2) is 0 Å². The minimum Gasteiger partial charge on any atom is -0.493 e. The average molecular weight is 528 g/mol. The first-order valence-corrected chi connectivity index (χ1v) is 11.3. The predicted octanol–water partition coefficient (Wildman–Crippen LogP) is 4.23. The maximum atomic E-state index is 12.6. The molecular weight excluding hydrogens is 506 g/mol. The van der Waals surface area contributed by atoms with Gasteiger partial charge in [-0.3, -0.25) is 25.8 Å². The fourth-order valence-corrected chi connectivity index (χ4v) is 3.42. The van der Waals surface area contributed by atoms with Crippen LogP contribution in [0.5, 0.6) is 11.5 Å². The van der Waals surface area contributed by atoms with Crippen molar-refractivity contribution in [3.63, 3.8) is 0 Å². The molecule has 0 spiro atoms. The van der Waals surface area contributed by atoms with E-state index in [1.165, 1.54) is 0 Å². The molecule has 0 aliphatic carbocycles. The van der Waals surface area contributed by atoms with Gasteiger partial charge in [-0.05, 0) is 49.0 Å². The number of rotatable bonds is 7. The van der Waals surface area contributed by atoms with Gasteiger partial charge in [0, 0.05) is 10.0 Å². The molecule has 170 valence electrons. The molecule has 0 fully saturated rings. The van der Waals surface area contributed by atoms with Crippen LogP contribution < -0.4 is 25.6 Å². The van der Waals surface area contributed by atoms with Crippen LogP contribution in [0.3, 0.4) is 0 Å². The highest BCUT2D eigenvalue weighted by Crippen LogP contribution is 2.29. The van der Waals surface area contributed by atoms with Crippen LogP contribution in [-0.4, -0.2) is 30.1 Å². The van der Waals surface area contributed by atoms with Crippen molar-refractivity contribution in [2.75, 3.05) is 13.2 Å². The maximum absolute atomic E-state index is 12.6. The fourth-order valence-electron chi connectivity index (χ4n) is 2.92. The summed E-state index contributed by atoms with van der Waals surface area (Å²) in [6.45, 7) is 1.99. The molecule has 0 aliphatic heterocycles. The molecule has 3 aromatic carbocycles. The second-order valence-corrected chi connectivity index (χ2v) is 8.00. The number of thiocarbonyl (C=S) groups is 1. The Hall–Kier alpha value is -3.43. The molecule has 0 saturated carbocycles. The summed E-state index contributed by atoms with van der Waals surface area (Å²) >= 11 is 8.43. The highest BCUT2D eigenvalue weighted by atomic mass is 79.9. The van der Waals surface area contributed by atoms with Crippen molar-refractivity contribution in [1.82, 2.24) is 16.2 Å². The summed E-state index contributed by atoms with van der Waals surface area (Å²) in [6, 6.07) is 22.3. The largest absolute Gasteiger partial charge is 0.493 e. The number of para-hydroxylation sites is 1. The maximum Gasteiger partial charge on any atom is 0.276 e. The number of halogens is 1. The third-order valence-electron chi connectivity index (χ3n) is 4.36. The van der Waals surface area contributed by atoms with Gasteiger partial charge in [0.2, 0.25) is 0 Å². The van der Waals surface area contributed by atoms with Crippen LogP contribution in [0.1, 0.15) is 17.3 Å². The van der Waals surface area contributed by atoms with Crippen LogP contribution in [0.4, 0.5) is 0 Å². The normalized spacial score (nSPS) is 10.1. The summed E-state index contributed by atoms with van der Waals surface area (Å²) in [6.07, 6.45) is 0. The third-order valence-corrected chi connectivity index (χ3v) is 5.06. The summed E-state index contributed by atoms with van der Waals surface area (Å²) in [4.78, 5) is 24.8. The number of hydrogen-bond acceptors (Lipinski definition) is 5. The molecule has 7 nitrogen and oxygen atoms in total. The molecule has 3 N–H and O–H groups in total. The molecule has 33 heavy (non-hydrogen) atoms. The lowest BCUT2D eigenvalue weighted by Gasteiger charge is -2.14. The lowest BCUT2D eigenvalue weighted by Crippen LogP contribution is -2.49. The number of hydrazine groups is 1. The summed E-state index contributed by atoms with van der Waals surface area (Å²) in [5, 5.41) is 2.44. The molecule has 3 rings (SSSR count). The zero-order chi connectivity index (χ0) is 23.6. The Balaban J connectivity index is 1.52. The van der Waals surface area contributed by atoms with E-state index in [4.69, 9.17) is 21.7 Å². The Morgan fingerprint density at radius 1 is 0.909 bits per heavy atom. The fraction of sp³-hybridized carbons (Fsp3) is 0.125. The van der Waals surface area contributed by atoms with Crippen molar-refractivity contribution in [3.8, 4) is 22.6 Å². The van der Waals surface area contributed by atoms with Gasteiger partial charge in [-0.2, -0.15) is 0 Å². The summed E-state index contributed by atoms with van der Waals surface area (Å²) < 4.78 is 11.9. The number of carbonyl (C=O) groups excluding carboxylic acids is 2. The minimum atomic E-state index is -0.473. The summed E-state index contributed by atoms with van der Waals surface area (Å²) in [5.74, 6) is 0.0646. The number of benzene rings is 3. The van der Waals surface area contributed by atoms with Crippen molar-refractivity contribution in [2.45, 2.75) is 6.92 Å². The molecule has 9 heteroatoms. The second kappa shape index (κ2) is 12.0. The summed E-state index contributed by atoms with van der Waals surface area (Å²) in [7, 11) is 0. The van der Waals surface area contributed by atoms with Crippen LogP contribution in [0.2, 0.25) is 0 Å². The van der Waals surface area contributed by atoms with Crippen LogP contribution >= 0.6 is 28.1 Å².